The third-order valence-electron chi connectivity index (χ3n) is 1.35. The molecule has 0 spiro atoms. The summed E-state index contributed by atoms with van der Waals surface area (Å²) in [6.45, 7) is 1.66. The van der Waals surface area contributed by atoms with Crippen LogP contribution in [0.5, 0.6) is 0 Å². The van der Waals surface area contributed by atoms with Gasteiger partial charge in [-0.3, -0.25) is 20.4 Å². The molecule has 64 valence electrons. The van der Waals surface area contributed by atoms with Gasteiger partial charge in [0.25, 0.3) is 5.91 Å². The average Bonchev–Trinajstić information content (AvgIpc) is 2.47. The van der Waals surface area contributed by atoms with Gasteiger partial charge in [-0.15, -0.1) is 0 Å². The largest absolute Gasteiger partial charge is 0.469 e. The summed E-state index contributed by atoms with van der Waals surface area (Å²) in [4.78, 5) is 20.9. The Kier molecular flexibility index (Phi) is 2.47. The molecular weight excluding hydrogens is 160 g/mol. The first-order valence-electron chi connectivity index (χ1n) is 3.29. The first kappa shape index (κ1) is 8.32. The minimum absolute atomic E-state index is 0.382. The van der Waals surface area contributed by atoms with E-state index in [4.69, 9.17) is 4.42 Å². The predicted molar refractivity (Wildman–Crippen MR) is 40.1 cm³/mol. The van der Waals surface area contributed by atoms with Crippen molar-refractivity contribution in [1.82, 2.24) is 10.9 Å². The van der Waals surface area contributed by atoms with Gasteiger partial charge in [0.15, 0.2) is 0 Å². The van der Waals surface area contributed by atoms with Crippen molar-refractivity contribution in [1.29, 1.82) is 0 Å². The summed E-state index contributed by atoms with van der Waals surface area (Å²) in [7, 11) is 0. The first-order valence-corrected chi connectivity index (χ1v) is 3.29. The van der Waals surface area contributed by atoms with Crippen molar-refractivity contribution in [2.75, 3.05) is 0 Å². The number of rotatable bonds is 3. The van der Waals surface area contributed by atoms with Gasteiger partial charge in [0.1, 0.15) is 5.76 Å². The summed E-state index contributed by atoms with van der Waals surface area (Å²) in [5.41, 5.74) is 4.61. The van der Waals surface area contributed by atoms with E-state index < -0.39 is 5.91 Å². The van der Waals surface area contributed by atoms with Gasteiger partial charge >= 0.3 is 0 Å². The number of hydrogen-bond donors (Lipinski definition) is 2. The third-order valence-corrected chi connectivity index (χ3v) is 1.35. The lowest BCUT2D eigenvalue weighted by Gasteiger charge is -1.99. The Morgan fingerprint density at radius 3 is 2.92 bits per heavy atom. The highest BCUT2D eigenvalue weighted by atomic mass is 16.3. The second-order valence-electron chi connectivity index (χ2n) is 2.11. The van der Waals surface area contributed by atoms with Crippen LogP contribution >= 0.6 is 0 Å². The molecule has 0 bridgehead atoms. The van der Waals surface area contributed by atoms with Gasteiger partial charge in [-0.2, -0.15) is 0 Å². The number of carbonyl (C=O) groups is 2. The molecule has 5 heteroatoms. The molecule has 2 N–H and O–H groups in total. The molecular formula is C7H8N2O3. The van der Waals surface area contributed by atoms with Crippen LogP contribution in [-0.2, 0) is 4.79 Å². The highest BCUT2D eigenvalue weighted by Crippen LogP contribution is 2.07. The van der Waals surface area contributed by atoms with Crippen molar-refractivity contribution in [3.8, 4) is 0 Å². The van der Waals surface area contributed by atoms with E-state index in [0.717, 1.165) is 0 Å². The normalized spacial score (nSPS) is 9.08. The number of hydrazine groups is 1. The topological polar surface area (TPSA) is 71.3 Å². The minimum atomic E-state index is -0.395. The standard InChI is InChI=1S/C7H8N2O3/c1-5-6(2-3-12-5)7(11)9-8-4-10/h2-4H,1H3,(H,8,10)(H,9,11). The molecule has 0 atom stereocenters. The average molecular weight is 168 g/mol. The number of furan rings is 1. The van der Waals surface area contributed by atoms with E-state index in [1.165, 1.54) is 12.3 Å². The summed E-state index contributed by atoms with van der Waals surface area (Å²) >= 11 is 0. The molecule has 0 saturated heterocycles. The quantitative estimate of drug-likeness (QED) is 0.492. The summed E-state index contributed by atoms with van der Waals surface area (Å²) in [5, 5.41) is 0. The first-order chi connectivity index (χ1) is 5.75. The Balaban J connectivity index is 2.65. The lowest BCUT2D eigenvalue weighted by molar-refractivity contribution is -0.110. The van der Waals surface area contributed by atoms with Crippen LogP contribution in [0.4, 0.5) is 0 Å². The Morgan fingerprint density at radius 2 is 2.42 bits per heavy atom. The predicted octanol–water partition coefficient (Wildman–Crippen LogP) is -0.0212. The SMILES string of the molecule is Cc1occc1C(=O)NNC=O. The zero-order chi connectivity index (χ0) is 8.97. The van der Waals surface area contributed by atoms with Crippen LogP contribution in [0.1, 0.15) is 16.1 Å². The molecule has 2 amide bonds. The second kappa shape index (κ2) is 3.56. The van der Waals surface area contributed by atoms with Crippen LogP contribution in [0.25, 0.3) is 0 Å². The molecule has 0 aromatic carbocycles. The minimum Gasteiger partial charge on any atom is -0.469 e. The molecule has 0 unspecified atom stereocenters. The van der Waals surface area contributed by atoms with Crippen LogP contribution in [0.2, 0.25) is 0 Å². The molecule has 1 aromatic rings. The number of nitrogens with one attached hydrogen (secondary N) is 2. The van der Waals surface area contributed by atoms with E-state index in [2.05, 4.69) is 5.43 Å². The smallest absolute Gasteiger partial charge is 0.273 e. The summed E-state index contributed by atoms with van der Waals surface area (Å²) in [5.74, 6) is 0.119. The zero-order valence-corrected chi connectivity index (χ0v) is 6.46. The molecule has 0 radical (unpaired) electrons. The fourth-order valence-electron chi connectivity index (χ4n) is 0.783. The molecule has 12 heavy (non-hydrogen) atoms. The van der Waals surface area contributed by atoms with Gasteiger partial charge in [-0.05, 0) is 13.0 Å². The van der Waals surface area contributed by atoms with Crippen molar-refractivity contribution >= 4 is 12.3 Å². The maximum absolute atomic E-state index is 11.1. The van der Waals surface area contributed by atoms with E-state index in [-0.39, 0.29) is 0 Å². The summed E-state index contributed by atoms with van der Waals surface area (Å²) in [6, 6.07) is 1.52. The van der Waals surface area contributed by atoms with Crippen molar-refractivity contribution in [2.45, 2.75) is 6.92 Å². The molecule has 0 aliphatic carbocycles. The number of amides is 2. The van der Waals surface area contributed by atoms with Crippen molar-refractivity contribution in [2.24, 2.45) is 0 Å². The van der Waals surface area contributed by atoms with E-state index in [9.17, 15) is 9.59 Å². The molecule has 1 heterocycles. The number of carbonyl (C=O) groups excluding carboxylic acids is 2. The van der Waals surface area contributed by atoms with Crippen LogP contribution in [0, 0.1) is 6.92 Å². The molecule has 5 nitrogen and oxygen atoms in total. The number of hydrogen-bond acceptors (Lipinski definition) is 3. The van der Waals surface area contributed by atoms with Crippen molar-refractivity contribution in [3.63, 3.8) is 0 Å². The molecule has 0 fully saturated rings. The van der Waals surface area contributed by atoms with Gasteiger partial charge in [0.2, 0.25) is 6.41 Å². The van der Waals surface area contributed by atoms with Gasteiger partial charge in [-0.25, -0.2) is 0 Å². The second-order valence-corrected chi connectivity index (χ2v) is 2.11. The molecule has 0 aliphatic rings. The Hall–Kier alpha value is -1.78. The number of aryl methyl sites for hydroxylation is 1. The van der Waals surface area contributed by atoms with Gasteiger partial charge < -0.3 is 4.42 Å². The van der Waals surface area contributed by atoms with Gasteiger partial charge in [0.05, 0.1) is 11.8 Å². The van der Waals surface area contributed by atoms with E-state index in [0.29, 0.717) is 17.7 Å². The van der Waals surface area contributed by atoms with Crippen LogP contribution in [0.3, 0.4) is 0 Å². The van der Waals surface area contributed by atoms with E-state index >= 15 is 0 Å². The lowest BCUT2D eigenvalue weighted by Crippen LogP contribution is -2.36. The fourth-order valence-corrected chi connectivity index (χ4v) is 0.783. The Bertz CT molecular complexity index is 293. The van der Waals surface area contributed by atoms with E-state index in [1.807, 2.05) is 5.43 Å². The van der Waals surface area contributed by atoms with Crippen LogP contribution < -0.4 is 10.9 Å². The molecule has 0 saturated carbocycles. The van der Waals surface area contributed by atoms with Crippen molar-refractivity contribution in [3.05, 3.63) is 23.7 Å². The lowest BCUT2D eigenvalue weighted by atomic mass is 10.2. The van der Waals surface area contributed by atoms with Gasteiger partial charge in [-0.1, -0.05) is 0 Å². The molecule has 1 rings (SSSR count). The van der Waals surface area contributed by atoms with E-state index in [1.54, 1.807) is 6.92 Å². The summed E-state index contributed by atoms with van der Waals surface area (Å²) < 4.78 is 4.89. The van der Waals surface area contributed by atoms with Crippen LogP contribution in [0.15, 0.2) is 16.7 Å². The zero-order valence-electron chi connectivity index (χ0n) is 6.46. The Morgan fingerprint density at radius 1 is 1.67 bits per heavy atom. The fraction of sp³-hybridized carbons (Fsp3) is 0.143. The summed E-state index contributed by atoms with van der Waals surface area (Å²) in [6.07, 6.45) is 1.79. The monoisotopic (exact) mass is 168 g/mol. The van der Waals surface area contributed by atoms with Crippen molar-refractivity contribution < 1.29 is 14.0 Å². The van der Waals surface area contributed by atoms with Crippen LogP contribution in [-0.4, -0.2) is 12.3 Å². The molecule has 0 aliphatic heterocycles. The molecule has 1 aromatic heterocycles. The Labute approximate surface area is 68.7 Å². The highest BCUT2D eigenvalue weighted by molar-refractivity contribution is 5.95. The maximum atomic E-state index is 11.1. The maximum Gasteiger partial charge on any atom is 0.273 e. The highest BCUT2D eigenvalue weighted by Gasteiger charge is 2.09. The third kappa shape index (κ3) is 1.63. The van der Waals surface area contributed by atoms with Gasteiger partial charge in [0, 0.05) is 0 Å².